The van der Waals surface area contributed by atoms with Gasteiger partial charge < -0.3 is 15.4 Å². The Labute approximate surface area is 162 Å². The first-order valence-corrected chi connectivity index (χ1v) is 8.66. The Bertz CT molecular complexity index is 795. The van der Waals surface area contributed by atoms with Crippen molar-refractivity contribution >= 4 is 33.4 Å². The molecule has 0 heterocycles. The zero-order chi connectivity index (χ0) is 19.9. The maximum atomic E-state index is 12.3. The average molecular weight is 445 g/mol. The molecule has 0 aliphatic carbocycles. The van der Waals surface area contributed by atoms with Gasteiger partial charge in [-0.1, -0.05) is 28.1 Å². The molecule has 5 nitrogen and oxygen atoms in total. The Morgan fingerprint density at radius 1 is 1.04 bits per heavy atom. The highest BCUT2D eigenvalue weighted by Gasteiger charge is 2.28. The second kappa shape index (κ2) is 9.40. The molecule has 0 spiro atoms. The van der Waals surface area contributed by atoms with E-state index < -0.39 is 18.7 Å². The van der Waals surface area contributed by atoms with Gasteiger partial charge in [-0.05, 0) is 36.4 Å². The molecule has 0 saturated heterocycles. The molecule has 0 bridgehead atoms. The summed E-state index contributed by atoms with van der Waals surface area (Å²) in [7, 11) is 0. The number of para-hydroxylation sites is 2. The largest absolute Gasteiger partial charge is 0.482 e. The molecule has 2 rings (SSSR count). The van der Waals surface area contributed by atoms with Crippen LogP contribution in [0.3, 0.4) is 0 Å². The first kappa shape index (κ1) is 20.8. The van der Waals surface area contributed by atoms with E-state index in [0.29, 0.717) is 5.56 Å². The van der Waals surface area contributed by atoms with E-state index >= 15 is 0 Å². The molecule has 0 unspecified atom stereocenters. The van der Waals surface area contributed by atoms with Crippen molar-refractivity contribution in [1.29, 1.82) is 0 Å². The number of carbonyl (C=O) groups is 2. The Balaban J connectivity index is 1.83. The number of hydrogen-bond donors (Lipinski definition) is 2. The number of alkyl halides is 3. The predicted molar refractivity (Wildman–Crippen MR) is 97.7 cm³/mol. The number of benzene rings is 2. The van der Waals surface area contributed by atoms with Crippen LogP contribution in [0, 0.1) is 0 Å². The van der Waals surface area contributed by atoms with Crippen LogP contribution in [0.15, 0.2) is 53.0 Å². The summed E-state index contributed by atoms with van der Waals surface area (Å²) in [6, 6.07) is 12.5. The van der Waals surface area contributed by atoms with E-state index in [1.165, 1.54) is 18.2 Å². The Morgan fingerprint density at radius 2 is 1.70 bits per heavy atom. The van der Waals surface area contributed by atoms with Crippen molar-refractivity contribution in [1.82, 2.24) is 5.32 Å². The van der Waals surface area contributed by atoms with Gasteiger partial charge in [0.25, 0.3) is 5.91 Å². The SMILES string of the molecule is O=C(CCNC(=O)c1ccc(Br)cc1)Nc1ccccc1OCC(F)(F)F. The molecule has 0 fully saturated rings. The molecule has 2 aromatic carbocycles. The van der Waals surface area contributed by atoms with Crippen molar-refractivity contribution in [3.05, 3.63) is 58.6 Å². The minimum Gasteiger partial charge on any atom is -0.482 e. The number of rotatable bonds is 7. The smallest absolute Gasteiger partial charge is 0.422 e. The van der Waals surface area contributed by atoms with Gasteiger partial charge in [-0.15, -0.1) is 0 Å². The van der Waals surface area contributed by atoms with Crippen molar-refractivity contribution in [2.24, 2.45) is 0 Å². The summed E-state index contributed by atoms with van der Waals surface area (Å²) >= 11 is 3.27. The summed E-state index contributed by atoms with van der Waals surface area (Å²) in [6.07, 6.45) is -4.52. The van der Waals surface area contributed by atoms with Gasteiger partial charge in [0.15, 0.2) is 6.61 Å². The zero-order valence-corrected chi connectivity index (χ0v) is 15.6. The van der Waals surface area contributed by atoms with Crippen molar-refractivity contribution in [2.45, 2.75) is 12.6 Å². The quantitative estimate of drug-likeness (QED) is 0.673. The predicted octanol–water partition coefficient (Wildman–Crippen LogP) is 4.15. The lowest BCUT2D eigenvalue weighted by Crippen LogP contribution is -2.27. The van der Waals surface area contributed by atoms with Gasteiger partial charge in [-0.2, -0.15) is 13.2 Å². The Kier molecular flexibility index (Phi) is 7.23. The van der Waals surface area contributed by atoms with E-state index in [1.54, 1.807) is 30.3 Å². The Hall–Kier alpha value is -2.55. The van der Waals surface area contributed by atoms with Crippen molar-refractivity contribution in [3.63, 3.8) is 0 Å². The van der Waals surface area contributed by atoms with Crippen molar-refractivity contribution in [2.75, 3.05) is 18.5 Å². The van der Waals surface area contributed by atoms with Gasteiger partial charge in [-0.3, -0.25) is 9.59 Å². The van der Waals surface area contributed by atoms with E-state index in [-0.39, 0.29) is 30.3 Å². The molecule has 0 saturated carbocycles. The third-order valence-corrected chi connectivity index (χ3v) is 3.83. The van der Waals surface area contributed by atoms with Crippen molar-refractivity contribution in [3.8, 4) is 5.75 Å². The molecule has 0 radical (unpaired) electrons. The lowest BCUT2D eigenvalue weighted by molar-refractivity contribution is -0.153. The van der Waals surface area contributed by atoms with E-state index in [1.807, 2.05) is 0 Å². The topological polar surface area (TPSA) is 67.4 Å². The van der Waals surface area contributed by atoms with Gasteiger partial charge in [0, 0.05) is 23.0 Å². The van der Waals surface area contributed by atoms with Crippen LogP contribution in [0.25, 0.3) is 0 Å². The Morgan fingerprint density at radius 3 is 2.37 bits per heavy atom. The molecule has 2 N–H and O–H groups in total. The molecule has 2 aromatic rings. The molecule has 0 aromatic heterocycles. The monoisotopic (exact) mass is 444 g/mol. The number of anilines is 1. The van der Waals surface area contributed by atoms with Gasteiger partial charge in [0.05, 0.1) is 5.69 Å². The van der Waals surface area contributed by atoms with E-state index in [9.17, 15) is 22.8 Å². The van der Waals surface area contributed by atoms with Crippen LogP contribution in [0.2, 0.25) is 0 Å². The van der Waals surface area contributed by atoms with Gasteiger partial charge >= 0.3 is 6.18 Å². The lowest BCUT2D eigenvalue weighted by Gasteiger charge is -2.14. The molecular weight excluding hydrogens is 429 g/mol. The van der Waals surface area contributed by atoms with Crippen LogP contribution in [0.1, 0.15) is 16.8 Å². The number of amides is 2. The minimum absolute atomic E-state index is 0.0458. The first-order valence-electron chi connectivity index (χ1n) is 7.87. The van der Waals surface area contributed by atoms with Crippen LogP contribution >= 0.6 is 15.9 Å². The van der Waals surface area contributed by atoms with Crippen LogP contribution in [-0.4, -0.2) is 31.1 Å². The fourth-order valence-corrected chi connectivity index (χ4v) is 2.33. The van der Waals surface area contributed by atoms with Crippen LogP contribution in [-0.2, 0) is 4.79 Å². The number of ether oxygens (including phenoxy) is 1. The molecule has 0 atom stereocenters. The third kappa shape index (κ3) is 7.30. The number of halogens is 4. The highest BCUT2D eigenvalue weighted by Crippen LogP contribution is 2.26. The standard InChI is InChI=1S/C18H16BrF3N2O3/c19-13-7-5-12(6-8-13)17(26)23-10-9-16(25)24-14-3-1-2-4-15(14)27-11-18(20,21)22/h1-8H,9-11H2,(H,23,26)(H,24,25). The molecule has 27 heavy (non-hydrogen) atoms. The highest BCUT2D eigenvalue weighted by atomic mass is 79.9. The molecular formula is C18H16BrF3N2O3. The molecule has 0 aliphatic rings. The number of carbonyl (C=O) groups excluding carboxylic acids is 2. The van der Waals surface area contributed by atoms with E-state index in [0.717, 1.165) is 4.47 Å². The lowest BCUT2D eigenvalue weighted by atomic mass is 10.2. The van der Waals surface area contributed by atoms with Gasteiger partial charge in [0.2, 0.25) is 5.91 Å². The summed E-state index contributed by atoms with van der Waals surface area (Å²) < 4.78 is 42.4. The summed E-state index contributed by atoms with van der Waals surface area (Å²) in [5, 5.41) is 5.08. The summed E-state index contributed by atoms with van der Waals surface area (Å²) in [5.74, 6) is -0.875. The second-order valence-corrected chi connectivity index (χ2v) is 6.38. The van der Waals surface area contributed by atoms with E-state index in [2.05, 4.69) is 26.6 Å². The minimum atomic E-state index is -4.48. The van der Waals surface area contributed by atoms with Gasteiger partial charge in [0.1, 0.15) is 5.75 Å². The van der Waals surface area contributed by atoms with Gasteiger partial charge in [-0.25, -0.2) is 0 Å². The molecule has 144 valence electrons. The summed E-state index contributed by atoms with van der Waals surface area (Å²) in [4.78, 5) is 23.9. The maximum absolute atomic E-state index is 12.3. The first-order chi connectivity index (χ1) is 12.7. The number of hydrogen-bond acceptors (Lipinski definition) is 3. The molecule has 2 amide bonds. The summed E-state index contributed by atoms with van der Waals surface area (Å²) in [6.45, 7) is -1.38. The van der Waals surface area contributed by atoms with Crippen LogP contribution in [0.5, 0.6) is 5.75 Å². The normalized spacial score (nSPS) is 11.0. The fraction of sp³-hybridized carbons (Fsp3) is 0.222. The second-order valence-electron chi connectivity index (χ2n) is 5.46. The number of nitrogens with one attached hydrogen (secondary N) is 2. The average Bonchev–Trinajstić information content (AvgIpc) is 2.60. The zero-order valence-electron chi connectivity index (χ0n) is 14.0. The maximum Gasteiger partial charge on any atom is 0.422 e. The van der Waals surface area contributed by atoms with E-state index in [4.69, 9.17) is 4.74 Å². The molecule has 9 heteroatoms. The molecule has 0 aliphatic heterocycles. The summed E-state index contributed by atoms with van der Waals surface area (Å²) in [5.41, 5.74) is 0.579. The van der Waals surface area contributed by atoms with Crippen LogP contribution in [0.4, 0.5) is 18.9 Å². The van der Waals surface area contributed by atoms with Crippen molar-refractivity contribution < 1.29 is 27.5 Å². The van der Waals surface area contributed by atoms with Crippen LogP contribution < -0.4 is 15.4 Å². The fourth-order valence-electron chi connectivity index (χ4n) is 2.06. The highest BCUT2D eigenvalue weighted by molar-refractivity contribution is 9.10. The third-order valence-electron chi connectivity index (χ3n) is 3.30.